The number of halogens is 3. The third-order valence-corrected chi connectivity index (χ3v) is 2.02. The van der Waals surface area contributed by atoms with E-state index in [-0.39, 0.29) is 6.61 Å². The third kappa shape index (κ3) is 4.14. The van der Waals surface area contributed by atoms with Gasteiger partial charge in [-0.25, -0.2) is 0 Å². The van der Waals surface area contributed by atoms with Crippen LogP contribution in [0.25, 0.3) is 0 Å². The van der Waals surface area contributed by atoms with Crippen LogP contribution in [0.5, 0.6) is 5.75 Å². The van der Waals surface area contributed by atoms with Crippen molar-refractivity contribution < 1.29 is 22.6 Å². The molecule has 1 atom stereocenters. The smallest absolute Gasteiger partial charge is 0.433 e. The normalized spacial score (nSPS) is 13.2. The quantitative estimate of drug-likeness (QED) is 0.813. The fraction of sp³-hybridized carbons (Fsp3) is 0.455. The number of hydrogen-bond acceptors (Lipinski definition) is 3. The Hall–Kier alpha value is -1.43. The molecule has 0 aromatic heterocycles. The summed E-state index contributed by atoms with van der Waals surface area (Å²) in [6.45, 7) is 1.49. The molecule has 1 N–H and O–H groups in total. The topological polar surface area (TPSA) is 30.5 Å². The Bertz CT molecular complexity index is 338. The molecule has 0 heterocycles. The fourth-order valence-corrected chi connectivity index (χ4v) is 1.22. The highest BCUT2D eigenvalue weighted by Gasteiger charge is 2.40. The Morgan fingerprint density at radius 1 is 1.24 bits per heavy atom. The minimum Gasteiger partial charge on any atom is -0.497 e. The van der Waals surface area contributed by atoms with Crippen molar-refractivity contribution in [2.75, 3.05) is 19.0 Å². The zero-order chi connectivity index (χ0) is 12.9. The number of nitrogens with one attached hydrogen (secondary N) is 1. The molecule has 0 aliphatic heterocycles. The highest BCUT2D eigenvalue weighted by molar-refractivity contribution is 5.46. The van der Waals surface area contributed by atoms with E-state index >= 15 is 0 Å². The predicted octanol–water partition coefficient (Wildman–Crippen LogP) is 3.03. The van der Waals surface area contributed by atoms with Crippen molar-refractivity contribution in [2.24, 2.45) is 0 Å². The van der Waals surface area contributed by atoms with E-state index in [4.69, 9.17) is 4.74 Å². The second kappa shape index (κ2) is 5.77. The molecule has 0 fully saturated rings. The number of anilines is 1. The zero-order valence-corrected chi connectivity index (χ0v) is 9.54. The van der Waals surface area contributed by atoms with Gasteiger partial charge in [0.05, 0.1) is 7.11 Å². The van der Waals surface area contributed by atoms with Crippen LogP contribution in [0.3, 0.4) is 0 Å². The molecule has 96 valence electrons. The predicted molar refractivity (Wildman–Crippen MR) is 58.1 cm³/mol. The number of methoxy groups -OCH3 is 1. The van der Waals surface area contributed by atoms with E-state index in [1.54, 1.807) is 12.1 Å². The van der Waals surface area contributed by atoms with Crippen LogP contribution in [-0.2, 0) is 4.74 Å². The molecule has 0 saturated carbocycles. The maximum atomic E-state index is 12.5. The van der Waals surface area contributed by atoms with Crippen molar-refractivity contribution in [1.29, 1.82) is 0 Å². The van der Waals surface area contributed by atoms with Crippen molar-refractivity contribution in [1.82, 2.24) is 0 Å². The molecular formula is C11H14F3NO2. The van der Waals surface area contributed by atoms with E-state index in [1.165, 1.54) is 26.2 Å². The van der Waals surface area contributed by atoms with Gasteiger partial charge < -0.3 is 14.8 Å². The lowest BCUT2D eigenvalue weighted by Crippen LogP contribution is -2.38. The first kappa shape index (κ1) is 13.6. The molecule has 0 amide bonds. The summed E-state index contributed by atoms with van der Waals surface area (Å²) in [5.41, 5.74) is 0.321. The van der Waals surface area contributed by atoms with E-state index in [0.29, 0.717) is 11.4 Å². The van der Waals surface area contributed by atoms with Gasteiger partial charge in [0.2, 0.25) is 6.23 Å². The first-order chi connectivity index (χ1) is 7.97. The van der Waals surface area contributed by atoms with Gasteiger partial charge in [0.25, 0.3) is 0 Å². The van der Waals surface area contributed by atoms with Gasteiger partial charge in [-0.15, -0.1) is 0 Å². The number of alkyl halides is 3. The largest absolute Gasteiger partial charge is 0.497 e. The minimum atomic E-state index is -4.45. The van der Waals surface area contributed by atoms with Gasteiger partial charge in [-0.1, -0.05) is 0 Å². The first-order valence-corrected chi connectivity index (χ1v) is 5.06. The lowest BCUT2D eigenvalue weighted by Gasteiger charge is -2.22. The summed E-state index contributed by atoms with van der Waals surface area (Å²) in [4.78, 5) is 0. The second-order valence-corrected chi connectivity index (χ2v) is 3.25. The minimum absolute atomic E-state index is 0.0205. The monoisotopic (exact) mass is 249 g/mol. The Balaban J connectivity index is 2.72. The Morgan fingerprint density at radius 3 is 2.24 bits per heavy atom. The number of ether oxygens (including phenoxy) is 2. The van der Waals surface area contributed by atoms with Gasteiger partial charge in [-0.2, -0.15) is 13.2 Å². The third-order valence-electron chi connectivity index (χ3n) is 2.02. The Labute approximate surface area is 97.5 Å². The van der Waals surface area contributed by atoms with Crippen LogP contribution < -0.4 is 10.1 Å². The van der Waals surface area contributed by atoms with Crippen LogP contribution in [0, 0.1) is 0 Å². The van der Waals surface area contributed by atoms with Gasteiger partial charge in [0, 0.05) is 12.3 Å². The zero-order valence-electron chi connectivity index (χ0n) is 9.54. The van der Waals surface area contributed by atoms with E-state index in [2.05, 4.69) is 10.1 Å². The molecule has 6 heteroatoms. The highest BCUT2D eigenvalue weighted by Crippen LogP contribution is 2.25. The summed E-state index contributed by atoms with van der Waals surface area (Å²) >= 11 is 0. The number of rotatable bonds is 5. The summed E-state index contributed by atoms with van der Waals surface area (Å²) in [5.74, 6) is 0.579. The van der Waals surface area contributed by atoms with Gasteiger partial charge >= 0.3 is 6.18 Å². The van der Waals surface area contributed by atoms with Gasteiger partial charge in [0.15, 0.2) is 0 Å². The fourth-order valence-electron chi connectivity index (χ4n) is 1.22. The first-order valence-electron chi connectivity index (χ1n) is 5.06. The van der Waals surface area contributed by atoms with Gasteiger partial charge in [-0.3, -0.25) is 0 Å². The average molecular weight is 249 g/mol. The van der Waals surface area contributed by atoms with Gasteiger partial charge in [-0.05, 0) is 31.2 Å². The molecule has 1 rings (SSSR count). The molecule has 0 spiro atoms. The molecule has 1 unspecified atom stereocenters. The molecule has 3 nitrogen and oxygen atoms in total. The van der Waals surface area contributed by atoms with Crippen LogP contribution in [0.4, 0.5) is 18.9 Å². The summed E-state index contributed by atoms with van der Waals surface area (Å²) in [5, 5.41) is 2.27. The van der Waals surface area contributed by atoms with E-state index in [0.717, 1.165) is 0 Å². The van der Waals surface area contributed by atoms with Crippen molar-refractivity contribution in [3.63, 3.8) is 0 Å². The highest BCUT2D eigenvalue weighted by atomic mass is 19.4. The van der Waals surface area contributed by atoms with Crippen LogP contribution in [0.2, 0.25) is 0 Å². The van der Waals surface area contributed by atoms with Crippen molar-refractivity contribution in [2.45, 2.75) is 19.3 Å². The maximum Gasteiger partial charge on any atom is 0.433 e. The van der Waals surface area contributed by atoms with E-state index in [1.807, 2.05) is 0 Å². The van der Waals surface area contributed by atoms with Crippen molar-refractivity contribution >= 4 is 5.69 Å². The molecular weight excluding hydrogens is 235 g/mol. The molecule has 1 aromatic carbocycles. The van der Waals surface area contributed by atoms with E-state index in [9.17, 15) is 13.2 Å². The van der Waals surface area contributed by atoms with Crippen LogP contribution in [-0.4, -0.2) is 26.1 Å². The van der Waals surface area contributed by atoms with Crippen molar-refractivity contribution in [3.05, 3.63) is 24.3 Å². The Kier molecular flexibility index (Phi) is 4.62. The summed E-state index contributed by atoms with van der Waals surface area (Å²) < 4.78 is 47.1. The molecule has 0 bridgehead atoms. The average Bonchev–Trinajstić information content (AvgIpc) is 2.28. The van der Waals surface area contributed by atoms with Gasteiger partial charge in [0.1, 0.15) is 5.75 Å². The number of hydrogen-bond donors (Lipinski definition) is 1. The van der Waals surface area contributed by atoms with Crippen LogP contribution in [0.15, 0.2) is 24.3 Å². The number of benzene rings is 1. The summed E-state index contributed by atoms with van der Waals surface area (Å²) in [7, 11) is 1.49. The Morgan fingerprint density at radius 2 is 1.82 bits per heavy atom. The lowest BCUT2D eigenvalue weighted by atomic mass is 10.3. The summed E-state index contributed by atoms with van der Waals surface area (Å²) in [6.07, 6.45) is -6.45. The molecule has 0 radical (unpaired) electrons. The molecule has 0 aliphatic carbocycles. The molecule has 0 aliphatic rings. The SMILES string of the molecule is CCOC(Nc1ccc(OC)cc1)C(F)(F)F. The summed E-state index contributed by atoms with van der Waals surface area (Å²) in [6, 6.07) is 6.14. The standard InChI is InChI=1S/C11H14F3NO2/c1-3-17-10(11(12,13)14)15-8-4-6-9(16-2)7-5-8/h4-7,10,15H,3H2,1-2H3. The van der Waals surface area contributed by atoms with Crippen molar-refractivity contribution in [3.8, 4) is 5.75 Å². The maximum absolute atomic E-state index is 12.5. The molecule has 0 saturated heterocycles. The van der Waals surface area contributed by atoms with E-state index < -0.39 is 12.4 Å². The van der Waals surface area contributed by atoms with Crippen LogP contribution in [0.1, 0.15) is 6.92 Å². The molecule has 17 heavy (non-hydrogen) atoms. The molecule has 1 aromatic rings. The second-order valence-electron chi connectivity index (χ2n) is 3.25. The lowest BCUT2D eigenvalue weighted by molar-refractivity contribution is -0.209. The van der Waals surface area contributed by atoms with Crippen LogP contribution >= 0.6 is 0 Å².